The lowest BCUT2D eigenvalue weighted by Crippen LogP contribution is -2.01. The van der Waals surface area contributed by atoms with Crippen LogP contribution in [0.15, 0.2) is 17.4 Å². The van der Waals surface area contributed by atoms with Gasteiger partial charge in [0.2, 0.25) is 0 Å². The Hall–Kier alpha value is -0.860. The van der Waals surface area contributed by atoms with Crippen molar-refractivity contribution < 1.29 is 0 Å². The minimum atomic E-state index is 0.551. The summed E-state index contributed by atoms with van der Waals surface area (Å²) in [6.45, 7) is 2.73. The van der Waals surface area contributed by atoms with Crippen LogP contribution in [0.25, 0.3) is 0 Å². The van der Waals surface area contributed by atoms with Crippen molar-refractivity contribution in [2.75, 3.05) is 6.54 Å². The van der Waals surface area contributed by atoms with Gasteiger partial charge in [0.1, 0.15) is 0 Å². The number of hydrogen-bond donors (Lipinski definition) is 1. The minimum Gasteiger partial charge on any atom is -0.270 e. The van der Waals surface area contributed by atoms with E-state index in [1.807, 2.05) is 6.08 Å². The minimum absolute atomic E-state index is 0.551. The molecule has 0 spiro atoms. The van der Waals surface area contributed by atoms with Crippen LogP contribution in [0.4, 0.5) is 0 Å². The average molecular weight is 156 g/mol. The fraction of sp³-hybridized carbons (Fsp3) is 0.750. The van der Waals surface area contributed by atoms with Gasteiger partial charge in [-0.3, -0.25) is 5.43 Å². The molecule has 0 rings (SSSR count). The standard InChI is InChI=1S/C8H16N2O/c1-2-3-4-5-6-7-8-9-10-11/h6-7H,2-5,8H2,1H3,(H,9,11). The van der Waals surface area contributed by atoms with Gasteiger partial charge >= 0.3 is 0 Å². The maximum absolute atomic E-state index is 9.55. The summed E-state index contributed by atoms with van der Waals surface area (Å²) in [6.07, 6.45) is 8.88. The lowest BCUT2D eigenvalue weighted by Gasteiger charge is -1.91. The van der Waals surface area contributed by atoms with Gasteiger partial charge in [0.05, 0.1) is 6.54 Å². The molecule has 3 heteroatoms. The molecular formula is C8H16N2O. The molecule has 64 valence electrons. The van der Waals surface area contributed by atoms with E-state index < -0.39 is 0 Å². The highest BCUT2D eigenvalue weighted by Crippen LogP contribution is 1.98. The fourth-order valence-electron chi connectivity index (χ4n) is 0.803. The number of allylic oxidation sites excluding steroid dienone is 1. The predicted octanol–water partition coefficient (Wildman–Crippen LogP) is 2.39. The van der Waals surface area contributed by atoms with Crippen molar-refractivity contribution >= 4 is 0 Å². The maximum Gasteiger partial charge on any atom is 0.0542 e. The number of nitrogens with zero attached hydrogens (tertiary/aromatic N) is 1. The van der Waals surface area contributed by atoms with E-state index in [2.05, 4.69) is 23.7 Å². The van der Waals surface area contributed by atoms with Gasteiger partial charge in [-0.15, -0.1) is 4.91 Å². The predicted molar refractivity (Wildman–Crippen MR) is 47.1 cm³/mol. The molecule has 0 atom stereocenters. The van der Waals surface area contributed by atoms with Crippen LogP contribution >= 0.6 is 0 Å². The van der Waals surface area contributed by atoms with Crippen LogP contribution in [-0.2, 0) is 0 Å². The highest BCUT2D eigenvalue weighted by molar-refractivity contribution is 4.82. The van der Waals surface area contributed by atoms with Crippen LogP contribution in [-0.4, -0.2) is 6.54 Å². The van der Waals surface area contributed by atoms with E-state index in [1.54, 1.807) is 0 Å². The summed E-state index contributed by atoms with van der Waals surface area (Å²) in [6, 6.07) is 0. The first-order valence-electron chi connectivity index (χ1n) is 4.12. The van der Waals surface area contributed by atoms with Gasteiger partial charge in [0.25, 0.3) is 0 Å². The van der Waals surface area contributed by atoms with Crippen molar-refractivity contribution in [2.24, 2.45) is 5.29 Å². The molecule has 0 aromatic rings. The lowest BCUT2D eigenvalue weighted by atomic mass is 10.2. The average Bonchev–Trinajstić information content (AvgIpc) is 2.03. The molecule has 0 saturated heterocycles. The highest BCUT2D eigenvalue weighted by Gasteiger charge is 1.80. The summed E-state index contributed by atoms with van der Waals surface area (Å²) in [7, 11) is 0. The van der Waals surface area contributed by atoms with Crippen LogP contribution in [0.2, 0.25) is 0 Å². The molecule has 1 N–H and O–H groups in total. The molecule has 0 aromatic carbocycles. The summed E-state index contributed by atoms with van der Waals surface area (Å²) in [5, 5.41) is 2.52. The third-order valence-electron chi connectivity index (χ3n) is 1.41. The van der Waals surface area contributed by atoms with E-state index in [4.69, 9.17) is 0 Å². The topological polar surface area (TPSA) is 41.5 Å². The first kappa shape index (κ1) is 10.1. The lowest BCUT2D eigenvalue weighted by molar-refractivity contribution is 0.726. The second-order valence-corrected chi connectivity index (χ2v) is 2.42. The molecule has 0 amide bonds. The Morgan fingerprint density at radius 1 is 1.36 bits per heavy atom. The fourth-order valence-corrected chi connectivity index (χ4v) is 0.803. The number of nitrogens with one attached hydrogen (secondary N) is 1. The Bertz CT molecular complexity index is 113. The zero-order chi connectivity index (χ0) is 8.36. The quantitative estimate of drug-likeness (QED) is 0.266. The van der Waals surface area contributed by atoms with Gasteiger partial charge in [-0.1, -0.05) is 31.9 Å². The van der Waals surface area contributed by atoms with E-state index in [1.165, 1.54) is 19.3 Å². The Kier molecular flexibility index (Phi) is 8.43. The molecule has 0 aliphatic rings. The molecular weight excluding hydrogens is 140 g/mol. The second kappa shape index (κ2) is 9.14. The molecule has 0 saturated carbocycles. The summed E-state index contributed by atoms with van der Waals surface area (Å²) >= 11 is 0. The molecule has 0 heterocycles. The van der Waals surface area contributed by atoms with Crippen molar-refractivity contribution in [3.63, 3.8) is 0 Å². The molecule has 0 bridgehead atoms. The van der Waals surface area contributed by atoms with E-state index in [0.717, 1.165) is 6.42 Å². The first-order chi connectivity index (χ1) is 5.41. The Morgan fingerprint density at radius 3 is 2.82 bits per heavy atom. The smallest absolute Gasteiger partial charge is 0.0542 e. The van der Waals surface area contributed by atoms with Crippen LogP contribution in [0.5, 0.6) is 0 Å². The number of rotatable bonds is 7. The second-order valence-electron chi connectivity index (χ2n) is 2.42. The zero-order valence-corrected chi connectivity index (χ0v) is 7.05. The van der Waals surface area contributed by atoms with E-state index >= 15 is 0 Å². The first-order valence-corrected chi connectivity index (χ1v) is 4.12. The largest absolute Gasteiger partial charge is 0.270 e. The van der Waals surface area contributed by atoms with Gasteiger partial charge in [-0.2, -0.15) is 0 Å². The summed E-state index contributed by atoms with van der Waals surface area (Å²) in [5.74, 6) is 0. The monoisotopic (exact) mass is 156 g/mol. The zero-order valence-electron chi connectivity index (χ0n) is 7.05. The molecule has 11 heavy (non-hydrogen) atoms. The third kappa shape index (κ3) is 9.14. The van der Waals surface area contributed by atoms with E-state index in [-0.39, 0.29) is 0 Å². The van der Waals surface area contributed by atoms with Crippen molar-refractivity contribution in [3.8, 4) is 0 Å². The molecule has 0 aromatic heterocycles. The Balaban J connectivity index is 2.97. The normalized spacial score (nSPS) is 10.3. The molecule has 0 unspecified atom stereocenters. The van der Waals surface area contributed by atoms with Crippen molar-refractivity contribution in [1.29, 1.82) is 0 Å². The van der Waals surface area contributed by atoms with Crippen LogP contribution in [0.3, 0.4) is 0 Å². The summed E-state index contributed by atoms with van der Waals surface area (Å²) in [4.78, 5) is 9.55. The molecule has 0 fully saturated rings. The van der Waals surface area contributed by atoms with Gasteiger partial charge in [0, 0.05) is 5.29 Å². The molecule has 3 nitrogen and oxygen atoms in total. The number of unbranched alkanes of at least 4 members (excludes halogenated alkanes) is 3. The number of hydrogen-bond acceptors (Lipinski definition) is 2. The van der Waals surface area contributed by atoms with Crippen LogP contribution in [0, 0.1) is 4.91 Å². The summed E-state index contributed by atoms with van der Waals surface area (Å²) in [5.41, 5.74) is 2.32. The highest BCUT2D eigenvalue weighted by atomic mass is 16.3. The number of nitroso groups, excluding NO2 is 1. The van der Waals surface area contributed by atoms with Crippen molar-refractivity contribution in [1.82, 2.24) is 5.43 Å². The van der Waals surface area contributed by atoms with Crippen molar-refractivity contribution in [3.05, 3.63) is 17.1 Å². The van der Waals surface area contributed by atoms with Gasteiger partial charge in [0.15, 0.2) is 0 Å². The summed E-state index contributed by atoms with van der Waals surface area (Å²) < 4.78 is 0. The van der Waals surface area contributed by atoms with Crippen LogP contribution < -0.4 is 5.43 Å². The molecule has 0 aliphatic carbocycles. The molecule has 0 radical (unpaired) electrons. The molecule has 0 aliphatic heterocycles. The van der Waals surface area contributed by atoms with E-state index in [0.29, 0.717) is 6.54 Å². The van der Waals surface area contributed by atoms with Crippen molar-refractivity contribution in [2.45, 2.75) is 32.6 Å². The Morgan fingerprint density at radius 2 is 2.18 bits per heavy atom. The maximum atomic E-state index is 9.55. The van der Waals surface area contributed by atoms with E-state index in [9.17, 15) is 4.91 Å². The van der Waals surface area contributed by atoms with Gasteiger partial charge in [-0.05, 0) is 12.8 Å². The third-order valence-corrected chi connectivity index (χ3v) is 1.41. The van der Waals surface area contributed by atoms with Gasteiger partial charge in [-0.25, -0.2) is 0 Å². The Labute approximate surface area is 67.8 Å². The van der Waals surface area contributed by atoms with Gasteiger partial charge < -0.3 is 0 Å². The SMILES string of the molecule is CCCCCC=CCNN=O. The van der Waals surface area contributed by atoms with Crippen LogP contribution in [0.1, 0.15) is 32.6 Å².